The number of aromatic hydroxyl groups is 1. The number of rotatable bonds is 5. The molecule has 0 radical (unpaired) electrons. The molecule has 0 aliphatic heterocycles. The number of benzene rings is 1. The number of hydrogen-bond acceptors (Lipinski definition) is 4. The lowest BCUT2D eigenvalue weighted by atomic mass is 10.00. The molecule has 1 atom stereocenters. The van der Waals surface area contributed by atoms with Crippen molar-refractivity contribution in [2.24, 2.45) is 11.7 Å². The SMILES string of the molecule is COc1ccc(C[C@H](CN)CO)cc1O. The Labute approximate surface area is 89.3 Å². The molecule has 4 N–H and O–H groups in total. The van der Waals surface area contributed by atoms with Crippen LogP contribution in [-0.2, 0) is 6.42 Å². The molecule has 4 nitrogen and oxygen atoms in total. The second-order valence-electron chi connectivity index (χ2n) is 3.49. The summed E-state index contributed by atoms with van der Waals surface area (Å²) in [7, 11) is 1.51. The molecule has 0 aliphatic carbocycles. The van der Waals surface area contributed by atoms with Gasteiger partial charge in [0.25, 0.3) is 0 Å². The van der Waals surface area contributed by atoms with Gasteiger partial charge in [0.1, 0.15) is 0 Å². The van der Waals surface area contributed by atoms with Crippen LogP contribution >= 0.6 is 0 Å². The fraction of sp³-hybridized carbons (Fsp3) is 0.455. The third-order valence-electron chi connectivity index (χ3n) is 2.36. The lowest BCUT2D eigenvalue weighted by Gasteiger charge is -2.12. The minimum atomic E-state index is 0.0396. The van der Waals surface area contributed by atoms with Crippen molar-refractivity contribution in [3.63, 3.8) is 0 Å². The molecule has 0 heterocycles. The Morgan fingerprint density at radius 3 is 2.67 bits per heavy atom. The molecule has 0 saturated carbocycles. The van der Waals surface area contributed by atoms with E-state index >= 15 is 0 Å². The molecule has 1 aromatic rings. The van der Waals surface area contributed by atoms with Crippen LogP contribution in [0.15, 0.2) is 18.2 Å². The van der Waals surface area contributed by atoms with E-state index in [1.54, 1.807) is 12.1 Å². The summed E-state index contributed by atoms with van der Waals surface area (Å²) in [5.74, 6) is 0.605. The van der Waals surface area contributed by atoms with Crippen molar-refractivity contribution < 1.29 is 14.9 Å². The molecule has 0 bridgehead atoms. The summed E-state index contributed by atoms with van der Waals surface area (Å²) in [5, 5.41) is 18.5. The van der Waals surface area contributed by atoms with Crippen LogP contribution in [0.1, 0.15) is 5.56 Å². The number of phenols is 1. The summed E-state index contributed by atoms with van der Waals surface area (Å²) in [6, 6.07) is 5.20. The summed E-state index contributed by atoms with van der Waals surface area (Å²) in [6.07, 6.45) is 0.657. The number of aliphatic hydroxyl groups is 1. The molecular formula is C11H17NO3. The fourth-order valence-electron chi connectivity index (χ4n) is 1.42. The quantitative estimate of drug-likeness (QED) is 0.663. The fourth-order valence-corrected chi connectivity index (χ4v) is 1.42. The van der Waals surface area contributed by atoms with E-state index in [1.165, 1.54) is 7.11 Å². The van der Waals surface area contributed by atoms with E-state index in [2.05, 4.69) is 0 Å². The normalized spacial score (nSPS) is 12.5. The van der Waals surface area contributed by atoms with Crippen molar-refractivity contribution in [1.82, 2.24) is 0 Å². The van der Waals surface area contributed by atoms with Gasteiger partial charge in [-0.05, 0) is 36.6 Å². The maximum atomic E-state index is 9.53. The van der Waals surface area contributed by atoms with Crippen LogP contribution in [0, 0.1) is 5.92 Å². The highest BCUT2D eigenvalue weighted by Gasteiger charge is 2.08. The number of phenolic OH excluding ortho intramolecular Hbond substituents is 1. The van der Waals surface area contributed by atoms with Gasteiger partial charge in [-0.3, -0.25) is 0 Å². The first kappa shape index (κ1) is 11.8. The molecule has 0 spiro atoms. The van der Waals surface area contributed by atoms with Crippen molar-refractivity contribution in [3.8, 4) is 11.5 Å². The largest absolute Gasteiger partial charge is 0.504 e. The molecule has 1 rings (SSSR count). The molecule has 0 amide bonds. The molecular weight excluding hydrogens is 194 g/mol. The van der Waals surface area contributed by atoms with E-state index in [4.69, 9.17) is 15.6 Å². The van der Waals surface area contributed by atoms with E-state index in [0.29, 0.717) is 18.7 Å². The highest BCUT2D eigenvalue weighted by molar-refractivity contribution is 5.41. The molecule has 1 aromatic carbocycles. The number of methoxy groups -OCH3 is 1. The van der Waals surface area contributed by atoms with E-state index < -0.39 is 0 Å². The first-order chi connectivity index (χ1) is 7.21. The predicted molar refractivity (Wildman–Crippen MR) is 58.0 cm³/mol. The van der Waals surface area contributed by atoms with Crippen LogP contribution in [0.3, 0.4) is 0 Å². The summed E-state index contributed by atoms with van der Waals surface area (Å²) >= 11 is 0. The van der Waals surface area contributed by atoms with Gasteiger partial charge in [-0.15, -0.1) is 0 Å². The average Bonchev–Trinajstić information content (AvgIpc) is 2.26. The van der Waals surface area contributed by atoms with Gasteiger partial charge in [-0.2, -0.15) is 0 Å². The zero-order chi connectivity index (χ0) is 11.3. The van der Waals surface area contributed by atoms with E-state index in [9.17, 15) is 5.11 Å². The minimum Gasteiger partial charge on any atom is -0.504 e. The van der Waals surface area contributed by atoms with Gasteiger partial charge in [-0.1, -0.05) is 6.07 Å². The highest BCUT2D eigenvalue weighted by Crippen LogP contribution is 2.27. The molecule has 0 unspecified atom stereocenters. The highest BCUT2D eigenvalue weighted by atomic mass is 16.5. The van der Waals surface area contributed by atoms with Crippen LogP contribution in [-0.4, -0.2) is 30.5 Å². The first-order valence-corrected chi connectivity index (χ1v) is 4.88. The van der Waals surface area contributed by atoms with Gasteiger partial charge in [0.05, 0.1) is 7.11 Å². The summed E-state index contributed by atoms with van der Waals surface area (Å²) in [4.78, 5) is 0. The van der Waals surface area contributed by atoms with Gasteiger partial charge < -0.3 is 20.7 Å². The van der Waals surface area contributed by atoms with Gasteiger partial charge >= 0.3 is 0 Å². The maximum Gasteiger partial charge on any atom is 0.160 e. The number of nitrogens with two attached hydrogens (primary N) is 1. The second-order valence-corrected chi connectivity index (χ2v) is 3.49. The molecule has 4 heteroatoms. The Morgan fingerprint density at radius 1 is 1.47 bits per heavy atom. The number of ether oxygens (including phenoxy) is 1. The van der Waals surface area contributed by atoms with Gasteiger partial charge in [0, 0.05) is 6.61 Å². The van der Waals surface area contributed by atoms with Crippen molar-refractivity contribution in [2.75, 3.05) is 20.3 Å². The van der Waals surface area contributed by atoms with E-state index in [0.717, 1.165) is 5.56 Å². The van der Waals surface area contributed by atoms with Crippen molar-refractivity contribution in [2.45, 2.75) is 6.42 Å². The second kappa shape index (κ2) is 5.58. The van der Waals surface area contributed by atoms with Gasteiger partial charge in [0.2, 0.25) is 0 Å². The Bertz CT molecular complexity index is 311. The topological polar surface area (TPSA) is 75.7 Å². The first-order valence-electron chi connectivity index (χ1n) is 4.88. The van der Waals surface area contributed by atoms with Crippen molar-refractivity contribution in [3.05, 3.63) is 23.8 Å². The number of aliphatic hydroxyl groups excluding tert-OH is 1. The minimum absolute atomic E-state index is 0.0396. The Balaban J connectivity index is 2.74. The van der Waals surface area contributed by atoms with Crippen LogP contribution in [0.4, 0.5) is 0 Å². The van der Waals surface area contributed by atoms with Crippen molar-refractivity contribution >= 4 is 0 Å². The smallest absolute Gasteiger partial charge is 0.160 e. The molecule has 0 saturated heterocycles. The van der Waals surface area contributed by atoms with Gasteiger partial charge in [-0.25, -0.2) is 0 Å². The summed E-state index contributed by atoms with van der Waals surface area (Å²) in [5.41, 5.74) is 6.42. The standard InChI is InChI=1S/C11H17NO3/c1-15-11-3-2-8(5-10(11)14)4-9(6-12)7-13/h2-3,5,9,13-14H,4,6-7,12H2,1H3/t9-/m1/s1. The summed E-state index contributed by atoms with van der Waals surface area (Å²) in [6.45, 7) is 0.493. The van der Waals surface area contributed by atoms with Crippen molar-refractivity contribution in [1.29, 1.82) is 0 Å². The van der Waals surface area contributed by atoms with Crippen LogP contribution < -0.4 is 10.5 Å². The monoisotopic (exact) mass is 211 g/mol. The molecule has 0 aliphatic rings. The van der Waals surface area contributed by atoms with Crippen LogP contribution in [0.25, 0.3) is 0 Å². The molecule has 84 valence electrons. The van der Waals surface area contributed by atoms with E-state index in [1.807, 2.05) is 6.07 Å². The third-order valence-corrected chi connectivity index (χ3v) is 2.36. The molecule has 0 fully saturated rings. The van der Waals surface area contributed by atoms with Gasteiger partial charge in [0.15, 0.2) is 11.5 Å². The Hall–Kier alpha value is -1.26. The Kier molecular flexibility index (Phi) is 4.39. The van der Waals surface area contributed by atoms with Crippen LogP contribution in [0.2, 0.25) is 0 Å². The van der Waals surface area contributed by atoms with Crippen LogP contribution in [0.5, 0.6) is 11.5 Å². The molecule has 0 aromatic heterocycles. The maximum absolute atomic E-state index is 9.53. The third kappa shape index (κ3) is 3.11. The molecule has 15 heavy (non-hydrogen) atoms. The zero-order valence-corrected chi connectivity index (χ0v) is 8.81. The lowest BCUT2D eigenvalue weighted by Crippen LogP contribution is -2.20. The zero-order valence-electron chi connectivity index (χ0n) is 8.81. The number of hydrogen-bond donors (Lipinski definition) is 3. The average molecular weight is 211 g/mol. The Morgan fingerprint density at radius 2 is 2.20 bits per heavy atom. The predicted octanol–water partition coefficient (Wildman–Crippen LogP) is 0.511. The lowest BCUT2D eigenvalue weighted by molar-refractivity contribution is 0.229. The summed E-state index contributed by atoms with van der Waals surface area (Å²) < 4.78 is 4.93. The van der Waals surface area contributed by atoms with E-state index in [-0.39, 0.29) is 18.3 Å².